The van der Waals surface area contributed by atoms with E-state index in [4.69, 9.17) is 0 Å². The molecule has 0 amide bonds. The Balaban J connectivity index is 0.000000371. The van der Waals surface area contributed by atoms with Gasteiger partial charge in [-0.15, -0.1) is 93.9 Å². The van der Waals surface area contributed by atoms with E-state index >= 15 is 0 Å². The summed E-state index contributed by atoms with van der Waals surface area (Å²) in [6, 6.07) is 41.9. The fourth-order valence-corrected chi connectivity index (χ4v) is 9.59. The van der Waals surface area contributed by atoms with Crippen LogP contribution in [0.25, 0.3) is 43.8 Å². The molecule has 2 radical (unpaired) electrons. The number of hydrogen-bond donors (Lipinski definition) is 0. The Morgan fingerprint density at radius 1 is 0.548 bits per heavy atom. The van der Waals surface area contributed by atoms with Gasteiger partial charge in [-0.05, 0) is 71.6 Å². The van der Waals surface area contributed by atoms with Crippen LogP contribution in [-0.2, 0) is 36.2 Å². The molecule has 0 bridgehead atoms. The third kappa shape index (κ3) is 16.0. The van der Waals surface area contributed by atoms with Crippen LogP contribution in [0.15, 0.2) is 109 Å². The summed E-state index contributed by atoms with van der Waals surface area (Å²) < 4.78 is 0. The van der Waals surface area contributed by atoms with Gasteiger partial charge < -0.3 is 14.4 Å². The Labute approximate surface area is 409 Å². The Morgan fingerprint density at radius 2 is 0.871 bits per heavy atom. The first-order chi connectivity index (χ1) is 28.9. The Bertz CT molecular complexity index is 1920. The van der Waals surface area contributed by atoms with E-state index in [1.807, 2.05) is 6.92 Å². The molecule has 0 saturated heterocycles. The summed E-state index contributed by atoms with van der Waals surface area (Å²) in [4.78, 5) is 0. The third-order valence-corrected chi connectivity index (χ3v) is 13.4. The van der Waals surface area contributed by atoms with Gasteiger partial charge in [0.15, 0.2) is 0 Å². The topological polar surface area (TPSA) is 0 Å². The number of rotatable bonds is 10. The monoisotopic (exact) mass is 962 g/mol. The molecule has 0 N–H and O–H groups in total. The number of hydrogen-bond acceptors (Lipinski definition) is 0. The molecule has 0 aliphatic heterocycles. The molecule has 2 atom stereocenters. The Morgan fingerprint density at radius 3 is 1.18 bits per heavy atom. The summed E-state index contributed by atoms with van der Waals surface area (Å²) in [5, 5.41) is 5.67. The summed E-state index contributed by atoms with van der Waals surface area (Å²) in [6.07, 6.45) is 23.1. The van der Waals surface area contributed by atoms with Crippen LogP contribution in [0.2, 0.25) is 0 Å². The van der Waals surface area contributed by atoms with Gasteiger partial charge in [0.05, 0.1) is 0 Å². The molecule has 2 saturated carbocycles. The molecule has 0 heterocycles. The van der Waals surface area contributed by atoms with Gasteiger partial charge in [-0.25, -0.2) is 0 Å². The van der Waals surface area contributed by atoms with E-state index in [1.165, 1.54) is 181 Å². The Kier molecular flexibility index (Phi) is 27.1. The van der Waals surface area contributed by atoms with Crippen molar-refractivity contribution >= 4 is 53.2 Å². The number of halogens is 2. The first-order valence-corrected chi connectivity index (χ1v) is 27.7. The van der Waals surface area contributed by atoms with Crippen molar-refractivity contribution in [2.45, 2.75) is 156 Å². The summed E-state index contributed by atoms with van der Waals surface area (Å²) in [5.41, 5.74) is 11.4. The number of fused-ring (bicyclic) bond motifs is 2. The van der Waals surface area contributed by atoms with Gasteiger partial charge in [-0.2, -0.15) is 18.6 Å². The van der Waals surface area contributed by atoms with E-state index in [-0.39, 0.29) is 32.2 Å². The average molecular weight is 965 g/mol. The second kappa shape index (κ2) is 30.1. The minimum absolute atomic E-state index is 0. The normalized spacial score (nSPS) is 15.2. The van der Waals surface area contributed by atoms with Gasteiger partial charge >= 0.3 is 30.2 Å². The second-order valence-electron chi connectivity index (χ2n) is 17.8. The van der Waals surface area contributed by atoms with Crippen molar-refractivity contribution < 1.29 is 23.3 Å². The van der Waals surface area contributed by atoms with Gasteiger partial charge in [-0.1, -0.05) is 183 Å². The molecule has 2 aliphatic rings. The van der Waals surface area contributed by atoms with Gasteiger partial charge in [0, 0.05) is 0 Å². The van der Waals surface area contributed by atoms with Crippen molar-refractivity contribution in [3.05, 3.63) is 146 Å². The minimum atomic E-state index is 0. The molecule has 0 spiro atoms. The van der Waals surface area contributed by atoms with Gasteiger partial charge in [0.1, 0.15) is 0 Å². The van der Waals surface area contributed by atoms with Gasteiger partial charge in [0.25, 0.3) is 0 Å². The van der Waals surface area contributed by atoms with Crippen LogP contribution in [0, 0.1) is 26.2 Å². The molecule has 2 fully saturated rings. The van der Waals surface area contributed by atoms with Crippen LogP contribution in [0.1, 0.15) is 165 Å². The maximum atomic E-state index is 3.49. The van der Waals surface area contributed by atoms with Crippen molar-refractivity contribution in [1.29, 1.82) is 0 Å². The summed E-state index contributed by atoms with van der Waals surface area (Å²) >= 11 is 1.36. The molecule has 0 aromatic heterocycles. The van der Waals surface area contributed by atoms with Crippen LogP contribution in [-0.4, -0.2) is 6.88 Å². The molecule has 2 unspecified atom stereocenters. The summed E-state index contributed by atoms with van der Waals surface area (Å²) in [7, 11) is 0. The molecule has 2 aliphatic carbocycles. The molecular weight excluding hydrogens is 887 g/mol. The van der Waals surface area contributed by atoms with E-state index < -0.39 is 0 Å². The van der Waals surface area contributed by atoms with Crippen molar-refractivity contribution in [3.63, 3.8) is 0 Å². The maximum absolute atomic E-state index is 3.49. The number of benzene rings is 4. The van der Waals surface area contributed by atoms with Crippen LogP contribution < -0.4 is 0 Å². The SMILES string of the molecule is CCC(C)c1ccc(-c2cccc3[cH-]c(CC4CCCCCC4)cc23)cc1.CCC(C)c1ccc(-c2cccc3[cH-]c(CC4CCCCCC4)cc23)cc1.Cl.Cl.[CH2-]CC.[CH3-].[Si]=[Zr]. The quantitative estimate of drug-likeness (QED) is 0.0729. The second-order valence-corrected chi connectivity index (χ2v) is 17.8. The van der Waals surface area contributed by atoms with E-state index in [1.54, 1.807) is 11.1 Å². The third-order valence-electron chi connectivity index (χ3n) is 13.4. The first kappa shape index (κ1) is 55.9. The predicted octanol–water partition coefficient (Wildman–Crippen LogP) is 18.6. The molecule has 62 heavy (non-hydrogen) atoms. The van der Waals surface area contributed by atoms with Gasteiger partial charge in [0.2, 0.25) is 0 Å². The molecular formula is C58H78Cl2SiZr-4. The van der Waals surface area contributed by atoms with Crippen molar-refractivity contribution in [1.82, 2.24) is 0 Å². The molecule has 8 rings (SSSR count). The first-order valence-electron chi connectivity index (χ1n) is 23.5. The summed E-state index contributed by atoms with van der Waals surface area (Å²) in [6.45, 7) is 17.7. The van der Waals surface area contributed by atoms with Crippen molar-refractivity contribution in [3.8, 4) is 22.3 Å². The van der Waals surface area contributed by atoms with Crippen LogP contribution in [0.5, 0.6) is 0 Å². The predicted molar refractivity (Wildman–Crippen MR) is 279 cm³/mol. The Hall–Kier alpha value is -2.22. The van der Waals surface area contributed by atoms with Gasteiger partial charge in [-0.3, -0.25) is 0 Å². The molecule has 336 valence electrons. The standard InChI is InChI=1S/2C27H33.C3H7.CH3.2ClH.Si.Zr/c2*1-3-20(2)23-13-15-24(16-14-23)26-12-8-11-25-18-22(19-27(25)26)17-21-9-6-4-5-7-10-21;1-3-2;;;;;/h2*8,11-16,18-21H,3-7,9-10,17H2,1-2H3;1,3H2,2H3;1H3;2*1H;;/q4*-1;;;;. The average Bonchev–Trinajstić information content (AvgIpc) is 3.67. The van der Waals surface area contributed by atoms with Crippen LogP contribution >= 0.6 is 24.8 Å². The van der Waals surface area contributed by atoms with Crippen LogP contribution in [0.3, 0.4) is 0 Å². The zero-order valence-corrected chi connectivity index (χ0v) is 44.3. The van der Waals surface area contributed by atoms with E-state index in [2.05, 4.69) is 151 Å². The fraction of sp³-hybridized carbons (Fsp3) is 0.448. The van der Waals surface area contributed by atoms with Crippen molar-refractivity contribution in [2.75, 3.05) is 0 Å². The molecule has 6 aromatic carbocycles. The van der Waals surface area contributed by atoms with Crippen LogP contribution in [0.4, 0.5) is 0 Å². The molecule has 6 aromatic rings. The summed E-state index contributed by atoms with van der Waals surface area (Å²) in [5.74, 6) is 3.06. The zero-order valence-electron chi connectivity index (χ0n) is 39.2. The van der Waals surface area contributed by atoms with E-state index in [0.29, 0.717) is 11.8 Å². The molecule has 4 heteroatoms. The molecule has 0 nitrogen and oxygen atoms in total. The fourth-order valence-electron chi connectivity index (χ4n) is 9.59. The van der Waals surface area contributed by atoms with E-state index in [9.17, 15) is 0 Å². The van der Waals surface area contributed by atoms with E-state index in [0.717, 1.165) is 18.3 Å². The zero-order chi connectivity index (χ0) is 42.0. The van der Waals surface area contributed by atoms with Crippen molar-refractivity contribution in [2.24, 2.45) is 11.8 Å².